The van der Waals surface area contributed by atoms with Gasteiger partial charge in [-0.25, -0.2) is 4.39 Å². The standard InChI is InChI=1S/C15H17FN2/c1-9-4-5-10(2)14(6-9)18-15-7-11(3)12(16)8-13(15)17/h4-8,18H,17H2,1-3H3. The van der Waals surface area contributed by atoms with Crippen molar-refractivity contribution in [3.63, 3.8) is 0 Å². The second kappa shape index (κ2) is 4.69. The van der Waals surface area contributed by atoms with Crippen LogP contribution in [0.4, 0.5) is 21.5 Å². The molecule has 3 heteroatoms. The lowest BCUT2D eigenvalue weighted by Gasteiger charge is -2.13. The Morgan fingerprint density at radius 1 is 0.944 bits per heavy atom. The predicted octanol–water partition coefficient (Wildman–Crippen LogP) is 4.08. The van der Waals surface area contributed by atoms with Crippen molar-refractivity contribution in [2.75, 3.05) is 11.1 Å². The minimum absolute atomic E-state index is 0.279. The first-order chi connectivity index (χ1) is 8.47. The lowest BCUT2D eigenvalue weighted by molar-refractivity contribution is 0.619. The van der Waals surface area contributed by atoms with E-state index in [1.807, 2.05) is 26.0 Å². The van der Waals surface area contributed by atoms with Crippen molar-refractivity contribution in [2.24, 2.45) is 0 Å². The third-order valence-electron chi connectivity index (χ3n) is 2.99. The Balaban J connectivity index is 2.40. The SMILES string of the molecule is Cc1ccc(C)c(Nc2cc(C)c(F)cc2N)c1. The van der Waals surface area contributed by atoms with E-state index >= 15 is 0 Å². The zero-order chi connectivity index (χ0) is 13.3. The maximum atomic E-state index is 13.3. The molecule has 0 aliphatic heterocycles. The number of anilines is 3. The van der Waals surface area contributed by atoms with Crippen molar-refractivity contribution in [1.29, 1.82) is 0 Å². The molecule has 18 heavy (non-hydrogen) atoms. The molecular weight excluding hydrogens is 227 g/mol. The summed E-state index contributed by atoms with van der Waals surface area (Å²) >= 11 is 0. The molecule has 94 valence electrons. The van der Waals surface area contributed by atoms with Crippen LogP contribution in [0.25, 0.3) is 0 Å². The molecule has 0 radical (unpaired) electrons. The van der Waals surface area contributed by atoms with Crippen LogP contribution in [0.5, 0.6) is 0 Å². The van der Waals surface area contributed by atoms with Gasteiger partial charge in [-0.15, -0.1) is 0 Å². The normalized spacial score (nSPS) is 10.4. The van der Waals surface area contributed by atoms with Crippen molar-refractivity contribution in [3.8, 4) is 0 Å². The predicted molar refractivity (Wildman–Crippen MR) is 74.7 cm³/mol. The Kier molecular flexibility index (Phi) is 3.24. The smallest absolute Gasteiger partial charge is 0.128 e. The summed E-state index contributed by atoms with van der Waals surface area (Å²) in [7, 11) is 0. The summed E-state index contributed by atoms with van der Waals surface area (Å²) in [5.74, 6) is -0.279. The second-order valence-electron chi connectivity index (χ2n) is 4.63. The Morgan fingerprint density at radius 2 is 1.67 bits per heavy atom. The monoisotopic (exact) mass is 244 g/mol. The van der Waals surface area contributed by atoms with Gasteiger partial charge in [-0.05, 0) is 55.7 Å². The van der Waals surface area contributed by atoms with E-state index in [2.05, 4.69) is 11.4 Å². The molecular formula is C15H17FN2. The van der Waals surface area contributed by atoms with Gasteiger partial charge in [0.1, 0.15) is 5.82 Å². The molecule has 2 aromatic rings. The lowest BCUT2D eigenvalue weighted by Crippen LogP contribution is -2.00. The van der Waals surface area contributed by atoms with Gasteiger partial charge in [0.25, 0.3) is 0 Å². The molecule has 0 spiro atoms. The molecule has 0 fully saturated rings. The molecule has 2 aromatic carbocycles. The third kappa shape index (κ3) is 2.45. The van der Waals surface area contributed by atoms with Crippen molar-refractivity contribution in [2.45, 2.75) is 20.8 Å². The van der Waals surface area contributed by atoms with Crippen LogP contribution in [0, 0.1) is 26.6 Å². The molecule has 0 atom stereocenters. The Bertz CT molecular complexity index is 591. The van der Waals surface area contributed by atoms with E-state index in [1.165, 1.54) is 11.6 Å². The average Bonchev–Trinajstić information content (AvgIpc) is 2.30. The van der Waals surface area contributed by atoms with E-state index < -0.39 is 0 Å². The maximum Gasteiger partial charge on any atom is 0.128 e. The highest BCUT2D eigenvalue weighted by atomic mass is 19.1. The molecule has 0 saturated carbocycles. The minimum Gasteiger partial charge on any atom is -0.397 e. The van der Waals surface area contributed by atoms with Gasteiger partial charge in [0.05, 0.1) is 11.4 Å². The first-order valence-corrected chi connectivity index (χ1v) is 5.87. The molecule has 0 saturated heterocycles. The molecule has 0 amide bonds. The highest BCUT2D eigenvalue weighted by Crippen LogP contribution is 2.28. The van der Waals surface area contributed by atoms with Gasteiger partial charge in [-0.2, -0.15) is 0 Å². The Hall–Kier alpha value is -2.03. The van der Waals surface area contributed by atoms with Gasteiger partial charge in [0.15, 0.2) is 0 Å². The summed E-state index contributed by atoms with van der Waals surface area (Å²) in [6.07, 6.45) is 0. The second-order valence-corrected chi connectivity index (χ2v) is 4.63. The topological polar surface area (TPSA) is 38.0 Å². The zero-order valence-corrected chi connectivity index (χ0v) is 10.8. The molecule has 0 unspecified atom stereocenters. The van der Waals surface area contributed by atoms with Crippen LogP contribution in [0.15, 0.2) is 30.3 Å². The first-order valence-electron chi connectivity index (χ1n) is 5.87. The highest BCUT2D eigenvalue weighted by Gasteiger charge is 2.06. The van der Waals surface area contributed by atoms with Crippen LogP contribution in [0.2, 0.25) is 0 Å². The highest BCUT2D eigenvalue weighted by molar-refractivity contribution is 5.74. The summed E-state index contributed by atoms with van der Waals surface area (Å²) < 4.78 is 13.3. The quantitative estimate of drug-likeness (QED) is 0.781. The number of benzene rings is 2. The van der Waals surface area contributed by atoms with E-state index in [0.29, 0.717) is 11.3 Å². The number of nitrogens with one attached hydrogen (secondary N) is 1. The van der Waals surface area contributed by atoms with Crippen LogP contribution in [-0.4, -0.2) is 0 Å². The first kappa shape index (κ1) is 12.4. The minimum atomic E-state index is -0.279. The third-order valence-corrected chi connectivity index (χ3v) is 2.99. The number of hydrogen-bond acceptors (Lipinski definition) is 2. The van der Waals surface area contributed by atoms with E-state index in [1.54, 1.807) is 13.0 Å². The number of rotatable bonds is 2. The van der Waals surface area contributed by atoms with Gasteiger partial charge in [0.2, 0.25) is 0 Å². The van der Waals surface area contributed by atoms with Crippen LogP contribution < -0.4 is 11.1 Å². The summed E-state index contributed by atoms with van der Waals surface area (Å²) in [5.41, 5.74) is 10.8. The van der Waals surface area contributed by atoms with E-state index in [-0.39, 0.29) is 5.82 Å². The van der Waals surface area contributed by atoms with E-state index in [4.69, 9.17) is 5.73 Å². The van der Waals surface area contributed by atoms with E-state index in [9.17, 15) is 4.39 Å². The van der Waals surface area contributed by atoms with Crippen LogP contribution in [0.1, 0.15) is 16.7 Å². The van der Waals surface area contributed by atoms with Crippen molar-refractivity contribution >= 4 is 17.1 Å². The van der Waals surface area contributed by atoms with Crippen molar-refractivity contribution < 1.29 is 4.39 Å². The number of nitrogens with two attached hydrogens (primary N) is 1. The average molecular weight is 244 g/mol. The summed E-state index contributed by atoms with van der Waals surface area (Å²) in [6, 6.07) is 9.23. The lowest BCUT2D eigenvalue weighted by atomic mass is 10.1. The molecule has 0 bridgehead atoms. The molecule has 3 N–H and O–H groups in total. The fourth-order valence-corrected chi connectivity index (χ4v) is 1.82. The van der Waals surface area contributed by atoms with Crippen LogP contribution in [0.3, 0.4) is 0 Å². The molecule has 0 aliphatic rings. The van der Waals surface area contributed by atoms with Gasteiger partial charge in [-0.3, -0.25) is 0 Å². The Morgan fingerprint density at radius 3 is 2.39 bits per heavy atom. The molecule has 2 rings (SSSR count). The molecule has 0 heterocycles. The zero-order valence-electron chi connectivity index (χ0n) is 10.8. The van der Waals surface area contributed by atoms with Crippen LogP contribution >= 0.6 is 0 Å². The number of halogens is 1. The maximum absolute atomic E-state index is 13.3. The van der Waals surface area contributed by atoms with Gasteiger partial charge >= 0.3 is 0 Å². The largest absolute Gasteiger partial charge is 0.397 e. The summed E-state index contributed by atoms with van der Waals surface area (Å²) in [4.78, 5) is 0. The molecule has 2 nitrogen and oxygen atoms in total. The molecule has 0 aliphatic carbocycles. The molecule has 0 aromatic heterocycles. The van der Waals surface area contributed by atoms with Gasteiger partial charge < -0.3 is 11.1 Å². The summed E-state index contributed by atoms with van der Waals surface area (Å²) in [5, 5.41) is 3.26. The number of nitrogen functional groups attached to an aromatic ring is 1. The number of hydrogen-bond donors (Lipinski definition) is 2. The van der Waals surface area contributed by atoms with E-state index in [0.717, 1.165) is 16.9 Å². The van der Waals surface area contributed by atoms with Crippen molar-refractivity contribution in [1.82, 2.24) is 0 Å². The van der Waals surface area contributed by atoms with Gasteiger partial charge in [0, 0.05) is 5.69 Å². The fraction of sp³-hybridized carbons (Fsp3) is 0.200. The number of aryl methyl sites for hydroxylation is 3. The summed E-state index contributed by atoms with van der Waals surface area (Å²) in [6.45, 7) is 5.78. The van der Waals surface area contributed by atoms with Crippen LogP contribution in [-0.2, 0) is 0 Å². The van der Waals surface area contributed by atoms with Crippen molar-refractivity contribution in [3.05, 3.63) is 52.8 Å². The Labute approximate surface area is 107 Å². The van der Waals surface area contributed by atoms with Gasteiger partial charge in [-0.1, -0.05) is 12.1 Å². The fourth-order valence-electron chi connectivity index (χ4n) is 1.82.